The van der Waals surface area contributed by atoms with E-state index in [9.17, 15) is 9.59 Å². The first-order chi connectivity index (χ1) is 12.1. The standard InChI is InChI=1S/C17H13ClN4O2S/c18-12-3-1-2-11(8-12)9-21-17(24)15-13(4-7-25-15)22-16(23)14-10-19-5-6-20-14/h1-8,10H,9H2,(H,21,24)(H,22,23). The molecular weight excluding hydrogens is 360 g/mol. The number of aromatic nitrogens is 2. The second kappa shape index (κ2) is 7.87. The third-order valence-corrected chi connectivity index (χ3v) is 4.41. The van der Waals surface area contributed by atoms with Gasteiger partial charge < -0.3 is 10.6 Å². The Morgan fingerprint density at radius 1 is 1.16 bits per heavy atom. The van der Waals surface area contributed by atoms with Gasteiger partial charge >= 0.3 is 0 Å². The quantitative estimate of drug-likeness (QED) is 0.719. The first-order valence-electron chi connectivity index (χ1n) is 7.31. The fourth-order valence-corrected chi connectivity index (χ4v) is 3.07. The van der Waals surface area contributed by atoms with Gasteiger partial charge in [0, 0.05) is 24.0 Å². The molecule has 25 heavy (non-hydrogen) atoms. The van der Waals surface area contributed by atoms with Crippen molar-refractivity contribution in [3.63, 3.8) is 0 Å². The van der Waals surface area contributed by atoms with E-state index in [1.54, 1.807) is 23.6 Å². The van der Waals surface area contributed by atoms with E-state index in [2.05, 4.69) is 20.6 Å². The van der Waals surface area contributed by atoms with E-state index < -0.39 is 5.91 Å². The van der Waals surface area contributed by atoms with Gasteiger partial charge in [-0.1, -0.05) is 23.7 Å². The van der Waals surface area contributed by atoms with Gasteiger partial charge in [-0.15, -0.1) is 11.3 Å². The van der Waals surface area contributed by atoms with Crippen LogP contribution in [-0.2, 0) is 6.54 Å². The molecule has 0 fully saturated rings. The van der Waals surface area contributed by atoms with Crippen molar-refractivity contribution in [1.29, 1.82) is 0 Å². The Labute approximate surface area is 152 Å². The van der Waals surface area contributed by atoms with Gasteiger partial charge in [0.15, 0.2) is 0 Å². The average molecular weight is 373 g/mol. The first kappa shape index (κ1) is 17.1. The van der Waals surface area contributed by atoms with Crippen molar-refractivity contribution in [2.24, 2.45) is 0 Å². The molecule has 0 unspecified atom stereocenters. The normalized spacial score (nSPS) is 10.3. The largest absolute Gasteiger partial charge is 0.347 e. The van der Waals surface area contributed by atoms with Crippen molar-refractivity contribution in [3.05, 3.63) is 75.5 Å². The molecule has 6 nitrogen and oxygen atoms in total. The maximum atomic E-state index is 12.4. The average Bonchev–Trinajstić information content (AvgIpc) is 3.08. The van der Waals surface area contributed by atoms with Gasteiger partial charge in [0.25, 0.3) is 11.8 Å². The van der Waals surface area contributed by atoms with E-state index in [4.69, 9.17) is 11.6 Å². The Morgan fingerprint density at radius 3 is 2.80 bits per heavy atom. The minimum Gasteiger partial charge on any atom is -0.347 e. The minimum atomic E-state index is -0.421. The van der Waals surface area contributed by atoms with Crippen molar-refractivity contribution in [1.82, 2.24) is 15.3 Å². The number of anilines is 1. The van der Waals surface area contributed by atoms with Crippen molar-refractivity contribution in [2.45, 2.75) is 6.54 Å². The van der Waals surface area contributed by atoms with Crippen LogP contribution in [0.3, 0.4) is 0 Å². The zero-order valence-electron chi connectivity index (χ0n) is 12.9. The van der Waals surface area contributed by atoms with Crippen LogP contribution in [0.25, 0.3) is 0 Å². The topological polar surface area (TPSA) is 84.0 Å². The van der Waals surface area contributed by atoms with Gasteiger partial charge in [-0.3, -0.25) is 14.6 Å². The Morgan fingerprint density at radius 2 is 2.04 bits per heavy atom. The maximum Gasteiger partial charge on any atom is 0.275 e. The predicted molar refractivity (Wildman–Crippen MR) is 96.9 cm³/mol. The van der Waals surface area contributed by atoms with Crippen LogP contribution in [0, 0.1) is 0 Å². The van der Waals surface area contributed by atoms with Crippen LogP contribution in [0.1, 0.15) is 25.7 Å². The number of hydrogen-bond donors (Lipinski definition) is 2. The molecule has 0 radical (unpaired) electrons. The van der Waals surface area contributed by atoms with Crippen LogP contribution in [0.4, 0.5) is 5.69 Å². The number of carbonyl (C=O) groups is 2. The Hall–Kier alpha value is -2.77. The molecule has 126 valence electrons. The Bertz CT molecular complexity index is 898. The second-order valence-corrected chi connectivity index (χ2v) is 6.37. The summed E-state index contributed by atoms with van der Waals surface area (Å²) in [6.07, 6.45) is 4.28. The number of thiophene rings is 1. The SMILES string of the molecule is O=C(Nc1ccsc1C(=O)NCc1cccc(Cl)c1)c1cnccn1. The van der Waals surface area contributed by atoms with Crippen molar-refractivity contribution >= 4 is 40.4 Å². The zero-order chi connectivity index (χ0) is 17.6. The van der Waals surface area contributed by atoms with E-state index in [1.165, 1.54) is 29.9 Å². The van der Waals surface area contributed by atoms with E-state index in [0.717, 1.165) is 5.56 Å². The molecule has 0 spiro atoms. The van der Waals surface area contributed by atoms with Crippen molar-refractivity contribution in [2.75, 3.05) is 5.32 Å². The fraction of sp³-hybridized carbons (Fsp3) is 0.0588. The van der Waals surface area contributed by atoms with Gasteiger partial charge in [-0.05, 0) is 29.1 Å². The monoisotopic (exact) mass is 372 g/mol. The summed E-state index contributed by atoms with van der Waals surface area (Å²) in [4.78, 5) is 32.7. The molecule has 0 aliphatic rings. The number of amides is 2. The van der Waals surface area contributed by atoms with Crippen molar-refractivity contribution < 1.29 is 9.59 Å². The minimum absolute atomic E-state index is 0.180. The number of benzene rings is 1. The molecule has 2 N–H and O–H groups in total. The number of rotatable bonds is 5. The van der Waals surface area contributed by atoms with E-state index in [1.807, 2.05) is 12.1 Å². The van der Waals surface area contributed by atoms with E-state index in [-0.39, 0.29) is 11.6 Å². The van der Waals surface area contributed by atoms with Crippen molar-refractivity contribution in [3.8, 4) is 0 Å². The highest BCUT2D eigenvalue weighted by Gasteiger charge is 2.16. The lowest BCUT2D eigenvalue weighted by atomic mass is 10.2. The molecule has 0 bridgehead atoms. The summed E-state index contributed by atoms with van der Waals surface area (Å²) in [7, 11) is 0. The first-order valence-corrected chi connectivity index (χ1v) is 8.57. The molecule has 0 saturated carbocycles. The molecule has 3 aromatic rings. The summed E-state index contributed by atoms with van der Waals surface area (Å²) in [5.41, 5.74) is 1.51. The molecular formula is C17H13ClN4O2S. The van der Waals surface area contributed by atoms with Crippen LogP contribution >= 0.6 is 22.9 Å². The van der Waals surface area contributed by atoms with Crippen LogP contribution in [0.2, 0.25) is 5.02 Å². The summed E-state index contributed by atoms with van der Waals surface area (Å²) >= 11 is 7.18. The highest BCUT2D eigenvalue weighted by atomic mass is 35.5. The van der Waals surface area contributed by atoms with Gasteiger partial charge in [0.05, 0.1) is 11.9 Å². The lowest BCUT2D eigenvalue weighted by molar-refractivity contribution is 0.0955. The van der Waals surface area contributed by atoms with Crippen LogP contribution < -0.4 is 10.6 Å². The lowest BCUT2D eigenvalue weighted by Crippen LogP contribution is -2.23. The molecule has 8 heteroatoms. The molecule has 2 amide bonds. The summed E-state index contributed by atoms with van der Waals surface area (Å²) < 4.78 is 0. The maximum absolute atomic E-state index is 12.4. The fourth-order valence-electron chi connectivity index (χ4n) is 2.10. The summed E-state index contributed by atoms with van der Waals surface area (Å²) in [6, 6.07) is 8.92. The summed E-state index contributed by atoms with van der Waals surface area (Å²) in [5.74, 6) is -0.695. The number of nitrogens with one attached hydrogen (secondary N) is 2. The molecule has 0 aliphatic heterocycles. The highest BCUT2D eigenvalue weighted by Crippen LogP contribution is 2.23. The second-order valence-electron chi connectivity index (χ2n) is 5.02. The van der Waals surface area contributed by atoms with E-state index in [0.29, 0.717) is 22.1 Å². The van der Waals surface area contributed by atoms with Gasteiger partial charge in [0.1, 0.15) is 10.6 Å². The molecule has 2 heterocycles. The molecule has 0 saturated heterocycles. The molecule has 1 aromatic carbocycles. The number of halogens is 1. The smallest absolute Gasteiger partial charge is 0.275 e. The van der Waals surface area contributed by atoms with Gasteiger partial charge in [-0.2, -0.15) is 0 Å². The van der Waals surface area contributed by atoms with Crippen LogP contribution in [0.5, 0.6) is 0 Å². The Kier molecular flexibility index (Phi) is 5.37. The third kappa shape index (κ3) is 4.40. The number of hydrogen-bond acceptors (Lipinski definition) is 5. The van der Waals surface area contributed by atoms with Gasteiger partial charge in [-0.25, -0.2) is 4.98 Å². The number of carbonyl (C=O) groups excluding carboxylic acids is 2. The molecule has 2 aromatic heterocycles. The zero-order valence-corrected chi connectivity index (χ0v) is 14.5. The van der Waals surface area contributed by atoms with Crippen LogP contribution in [-0.4, -0.2) is 21.8 Å². The predicted octanol–water partition coefficient (Wildman–Crippen LogP) is 3.37. The van der Waals surface area contributed by atoms with Gasteiger partial charge in [0.2, 0.25) is 0 Å². The highest BCUT2D eigenvalue weighted by molar-refractivity contribution is 7.12. The molecule has 0 atom stereocenters. The van der Waals surface area contributed by atoms with E-state index >= 15 is 0 Å². The Balaban J connectivity index is 1.66. The molecule has 3 rings (SSSR count). The lowest BCUT2D eigenvalue weighted by Gasteiger charge is -2.08. The summed E-state index contributed by atoms with van der Waals surface area (Å²) in [5, 5.41) is 7.85. The van der Waals surface area contributed by atoms with Crippen LogP contribution in [0.15, 0.2) is 54.3 Å². The molecule has 0 aliphatic carbocycles. The summed E-state index contributed by atoms with van der Waals surface area (Å²) in [6.45, 7) is 0.342. The number of nitrogens with zero attached hydrogens (tertiary/aromatic N) is 2. The third-order valence-electron chi connectivity index (χ3n) is 3.26.